The third-order valence-corrected chi connectivity index (χ3v) is 5.46. The first kappa shape index (κ1) is 23.9. The number of nitrogens with zero attached hydrogens (tertiary/aromatic N) is 2. The Morgan fingerprint density at radius 2 is 1.88 bits per heavy atom. The van der Waals surface area contributed by atoms with E-state index >= 15 is 0 Å². The molecule has 33 heavy (non-hydrogen) atoms. The van der Waals surface area contributed by atoms with Crippen LogP contribution in [0, 0.1) is 11.3 Å². The Balaban J connectivity index is 1.68. The number of amides is 2. The van der Waals surface area contributed by atoms with E-state index < -0.39 is 0 Å². The van der Waals surface area contributed by atoms with Crippen LogP contribution in [0.5, 0.6) is 11.5 Å². The molecule has 1 aliphatic rings. The van der Waals surface area contributed by atoms with Crippen LogP contribution in [-0.2, 0) is 9.59 Å². The highest BCUT2D eigenvalue weighted by Crippen LogP contribution is 2.29. The minimum Gasteiger partial charge on any atom is -0.493 e. The molecule has 7 heteroatoms. The second-order valence-corrected chi connectivity index (χ2v) is 8.16. The summed E-state index contributed by atoms with van der Waals surface area (Å²) in [6.07, 6.45) is 3.46. The molecule has 0 spiro atoms. The molecule has 0 unspecified atom stereocenters. The molecular formula is C26H29N3O4. The van der Waals surface area contributed by atoms with Gasteiger partial charge in [0.25, 0.3) is 11.8 Å². The molecule has 1 heterocycles. The Bertz CT molecular complexity index is 1080. The van der Waals surface area contributed by atoms with E-state index in [9.17, 15) is 14.9 Å². The number of hydrogen-bond donors (Lipinski definition) is 1. The van der Waals surface area contributed by atoms with Gasteiger partial charge < -0.3 is 19.7 Å². The average Bonchev–Trinajstić information content (AvgIpc) is 3.36. The van der Waals surface area contributed by atoms with Crippen LogP contribution in [0.2, 0.25) is 0 Å². The van der Waals surface area contributed by atoms with Crippen molar-refractivity contribution >= 4 is 23.6 Å². The third kappa shape index (κ3) is 6.13. The zero-order chi connectivity index (χ0) is 23.8. The molecule has 172 valence electrons. The Morgan fingerprint density at radius 3 is 2.55 bits per heavy atom. The number of carbonyl (C=O) groups is 2. The summed E-state index contributed by atoms with van der Waals surface area (Å²) in [4.78, 5) is 26.7. The van der Waals surface area contributed by atoms with Crippen molar-refractivity contribution in [2.45, 2.75) is 32.6 Å². The first-order valence-corrected chi connectivity index (χ1v) is 11.0. The number of anilines is 1. The molecule has 0 atom stereocenters. The lowest BCUT2D eigenvalue weighted by atomic mass is 10.0. The van der Waals surface area contributed by atoms with Crippen LogP contribution in [0.15, 0.2) is 48.0 Å². The molecule has 1 fully saturated rings. The van der Waals surface area contributed by atoms with Crippen molar-refractivity contribution in [1.82, 2.24) is 4.90 Å². The monoisotopic (exact) mass is 447 g/mol. The topological polar surface area (TPSA) is 91.7 Å². The molecule has 2 amide bonds. The molecule has 0 radical (unpaired) electrons. The summed E-state index contributed by atoms with van der Waals surface area (Å²) in [7, 11) is 1.50. The number of benzene rings is 2. The first-order valence-electron chi connectivity index (χ1n) is 11.0. The van der Waals surface area contributed by atoms with E-state index in [0.717, 1.165) is 24.1 Å². The smallest absolute Gasteiger partial charge is 0.264 e. The molecule has 2 aromatic carbocycles. The first-order chi connectivity index (χ1) is 15.9. The van der Waals surface area contributed by atoms with Crippen LogP contribution >= 0.6 is 0 Å². The van der Waals surface area contributed by atoms with E-state index in [1.165, 1.54) is 7.11 Å². The minimum atomic E-state index is -0.280. The van der Waals surface area contributed by atoms with Gasteiger partial charge in [0.15, 0.2) is 18.1 Å². The SMILES string of the molecule is COc1cc(/C=C(\C#N)C(=O)N2CCCC2)ccc1OCC(=O)Nc1ccccc1C(C)C. The van der Waals surface area contributed by atoms with Crippen LogP contribution in [-0.4, -0.2) is 43.5 Å². The molecule has 1 saturated heterocycles. The summed E-state index contributed by atoms with van der Waals surface area (Å²) in [6.45, 7) is 5.31. The molecule has 1 aliphatic heterocycles. The van der Waals surface area contributed by atoms with E-state index in [2.05, 4.69) is 19.2 Å². The van der Waals surface area contributed by atoms with Crippen molar-refractivity contribution in [1.29, 1.82) is 5.26 Å². The molecule has 1 N–H and O–H groups in total. The number of rotatable bonds is 8. The maximum Gasteiger partial charge on any atom is 0.264 e. The summed E-state index contributed by atoms with van der Waals surface area (Å²) in [5.41, 5.74) is 2.53. The molecule has 0 aliphatic carbocycles. The zero-order valence-corrected chi connectivity index (χ0v) is 19.3. The van der Waals surface area contributed by atoms with Gasteiger partial charge in [-0.15, -0.1) is 0 Å². The standard InChI is InChI=1S/C26H29N3O4/c1-18(2)21-8-4-5-9-22(21)28-25(30)17-33-23-11-10-19(15-24(23)32-3)14-20(16-27)26(31)29-12-6-7-13-29/h4-5,8-11,14-15,18H,6-7,12-13,17H2,1-3H3,(H,28,30)/b20-14+. The van der Waals surface area contributed by atoms with Gasteiger partial charge in [-0.3, -0.25) is 9.59 Å². The van der Waals surface area contributed by atoms with Crippen LogP contribution < -0.4 is 14.8 Å². The summed E-state index contributed by atoms with van der Waals surface area (Å²) >= 11 is 0. The lowest BCUT2D eigenvalue weighted by molar-refractivity contribution is -0.125. The van der Waals surface area contributed by atoms with E-state index in [4.69, 9.17) is 9.47 Å². The molecule has 0 saturated carbocycles. The summed E-state index contributed by atoms with van der Waals surface area (Å²) in [6, 6.07) is 14.7. The molecule has 0 aromatic heterocycles. The Hall–Kier alpha value is -3.79. The van der Waals surface area contributed by atoms with E-state index in [1.54, 1.807) is 29.2 Å². The van der Waals surface area contributed by atoms with Crippen molar-refractivity contribution < 1.29 is 19.1 Å². The Labute approximate surface area is 194 Å². The second kappa shape index (κ2) is 11.2. The van der Waals surface area contributed by atoms with Crippen LogP contribution in [0.3, 0.4) is 0 Å². The largest absolute Gasteiger partial charge is 0.493 e. The Morgan fingerprint density at radius 1 is 1.15 bits per heavy atom. The van der Waals surface area contributed by atoms with Gasteiger partial charge in [0.05, 0.1) is 7.11 Å². The fraction of sp³-hybridized carbons (Fsp3) is 0.346. The van der Waals surface area contributed by atoms with E-state index in [-0.39, 0.29) is 29.9 Å². The predicted molar refractivity (Wildman–Crippen MR) is 127 cm³/mol. The number of hydrogen-bond acceptors (Lipinski definition) is 5. The van der Waals surface area contributed by atoms with Gasteiger partial charge in [-0.1, -0.05) is 38.1 Å². The highest BCUT2D eigenvalue weighted by Gasteiger charge is 2.21. The maximum atomic E-state index is 12.5. The number of nitrogens with one attached hydrogen (secondary N) is 1. The normalized spacial score (nSPS) is 13.5. The molecule has 2 aromatic rings. The number of likely N-dealkylation sites (tertiary alicyclic amines) is 1. The van der Waals surface area contributed by atoms with Gasteiger partial charge in [-0.2, -0.15) is 5.26 Å². The van der Waals surface area contributed by atoms with Crippen LogP contribution in [0.25, 0.3) is 6.08 Å². The van der Waals surface area contributed by atoms with Crippen LogP contribution in [0.1, 0.15) is 43.7 Å². The van der Waals surface area contributed by atoms with Crippen LogP contribution in [0.4, 0.5) is 5.69 Å². The third-order valence-electron chi connectivity index (χ3n) is 5.46. The number of ether oxygens (including phenoxy) is 2. The minimum absolute atomic E-state index is 0.0795. The quantitative estimate of drug-likeness (QED) is 0.479. The predicted octanol–water partition coefficient (Wildman–Crippen LogP) is 4.37. The number of para-hydroxylation sites is 1. The van der Waals surface area contributed by atoms with Crippen molar-refractivity contribution in [2.24, 2.45) is 0 Å². The van der Waals surface area contributed by atoms with Gasteiger partial charge in [0, 0.05) is 18.8 Å². The van der Waals surface area contributed by atoms with Crippen molar-refractivity contribution in [3.63, 3.8) is 0 Å². The average molecular weight is 448 g/mol. The lowest BCUT2D eigenvalue weighted by Gasteiger charge is -2.15. The van der Waals surface area contributed by atoms with Gasteiger partial charge in [-0.05, 0) is 54.2 Å². The second-order valence-electron chi connectivity index (χ2n) is 8.16. The van der Waals surface area contributed by atoms with E-state index in [0.29, 0.717) is 30.2 Å². The zero-order valence-electron chi connectivity index (χ0n) is 19.3. The molecule has 3 rings (SSSR count). The van der Waals surface area contributed by atoms with Crippen molar-refractivity contribution in [3.8, 4) is 17.6 Å². The number of nitriles is 1. The van der Waals surface area contributed by atoms with Gasteiger partial charge in [-0.25, -0.2) is 0 Å². The van der Waals surface area contributed by atoms with E-state index in [1.807, 2.05) is 30.3 Å². The van der Waals surface area contributed by atoms with Crippen molar-refractivity contribution in [2.75, 3.05) is 32.1 Å². The highest BCUT2D eigenvalue weighted by atomic mass is 16.5. The van der Waals surface area contributed by atoms with Gasteiger partial charge in [0.1, 0.15) is 11.6 Å². The summed E-state index contributed by atoms with van der Waals surface area (Å²) in [5, 5.41) is 12.3. The molecular weight excluding hydrogens is 418 g/mol. The summed E-state index contributed by atoms with van der Waals surface area (Å²) in [5.74, 6) is 0.542. The fourth-order valence-electron chi connectivity index (χ4n) is 3.74. The highest BCUT2D eigenvalue weighted by molar-refractivity contribution is 6.01. The fourth-order valence-corrected chi connectivity index (χ4v) is 3.74. The summed E-state index contributed by atoms with van der Waals surface area (Å²) < 4.78 is 11.1. The lowest BCUT2D eigenvalue weighted by Crippen LogP contribution is -2.28. The Kier molecular flexibility index (Phi) is 8.09. The number of methoxy groups -OCH3 is 1. The molecule has 7 nitrogen and oxygen atoms in total. The van der Waals surface area contributed by atoms with Gasteiger partial charge >= 0.3 is 0 Å². The number of carbonyl (C=O) groups excluding carboxylic acids is 2. The van der Waals surface area contributed by atoms with Crippen molar-refractivity contribution in [3.05, 3.63) is 59.2 Å². The van der Waals surface area contributed by atoms with Gasteiger partial charge in [0.2, 0.25) is 0 Å². The maximum absolute atomic E-state index is 12.5. The molecule has 0 bridgehead atoms.